The molecular weight excluding hydrogens is 576 g/mol. The zero-order valence-electron chi connectivity index (χ0n) is 29.4. The van der Waals surface area contributed by atoms with Crippen LogP contribution in [0.4, 0.5) is 0 Å². The molecule has 2 N–H and O–H groups in total. The van der Waals surface area contributed by atoms with E-state index in [1.807, 2.05) is 27.7 Å². The summed E-state index contributed by atoms with van der Waals surface area (Å²) in [5.74, 6) is 7.25. The minimum atomic E-state index is -0.427. The molecular formula is C40H60O6. The van der Waals surface area contributed by atoms with Crippen molar-refractivity contribution in [3.8, 4) is 0 Å². The molecule has 0 radical (unpaired) electrons. The van der Waals surface area contributed by atoms with E-state index in [1.54, 1.807) is 0 Å². The average Bonchev–Trinajstić information content (AvgIpc) is 3.01. The van der Waals surface area contributed by atoms with Crippen LogP contribution in [0.5, 0.6) is 0 Å². The predicted octanol–water partition coefficient (Wildman–Crippen LogP) is 7.08. The van der Waals surface area contributed by atoms with Crippen molar-refractivity contribution in [1.29, 1.82) is 0 Å². The van der Waals surface area contributed by atoms with Crippen molar-refractivity contribution in [2.24, 2.45) is 81.8 Å². The van der Waals surface area contributed by atoms with Crippen molar-refractivity contribution in [2.75, 3.05) is 0 Å². The number of aliphatic hydroxyl groups is 2. The van der Waals surface area contributed by atoms with E-state index in [0.717, 1.165) is 64.2 Å². The molecule has 0 aromatic rings. The van der Waals surface area contributed by atoms with Crippen LogP contribution in [0.1, 0.15) is 131 Å². The first-order valence-electron chi connectivity index (χ1n) is 19.5. The van der Waals surface area contributed by atoms with E-state index < -0.39 is 11.0 Å². The first kappa shape index (κ1) is 30.9. The number of rotatable bonds is 6. The molecule has 0 saturated heterocycles. The molecule has 0 heterocycles. The van der Waals surface area contributed by atoms with Crippen molar-refractivity contribution in [3.05, 3.63) is 0 Å². The van der Waals surface area contributed by atoms with Gasteiger partial charge in [0.25, 0.3) is 0 Å². The Balaban J connectivity index is 0.000000127. The Hall–Kier alpha value is -1.14. The molecule has 14 rings (SSSR count). The first-order valence-corrected chi connectivity index (χ1v) is 19.5. The van der Waals surface area contributed by atoms with Crippen molar-refractivity contribution < 1.29 is 29.3 Å². The minimum absolute atomic E-state index is 0.000451. The van der Waals surface area contributed by atoms with E-state index in [-0.39, 0.29) is 34.2 Å². The molecule has 46 heavy (non-hydrogen) atoms. The van der Waals surface area contributed by atoms with Gasteiger partial charge in [0, 0.05) is 11.8 Å². The quantitative estimate of drug-likeness (QED) is 0.303. The zero-order chi connectivity index (χ0) is 32.4. The molecule has 14 saturated carbocycles. The number of carbonyl (C=O) groups excluding carboxylic acids is 2. The van der Waals surface area contributed by atoms with Gasteiger partial charge in [-0.05, 0) is 177 Å². The maximum Gasteiger partial charge on any atom is 0.312 e. The molecule has 14 aliphatic carbocycles. The van der Waals surface area contributed by atoms with Gasteiger partial charge in [0.1, 0.15) is 11.2 Å². The van der Waals surface area contributed by atoms with Gasteiger partial charge < -0.3 is 19.7 Å². The molecule has 14 fully saturated rings. The van der Waals surface area contributed by atoms with Crippen LogP contribution < -0.4 is 0 Å². The fourth-order valence-electron chi connectivity index (χ4n) is 15.0. The molecule has 0 aromatic heterocycles. The zero-order valence-corrected chi connectivity index (χ0v) is 29.4. The summed E-state index contributed by atoms with van der Waals surface area (Å²) in [5, 5.41) is 22.3. The fourth-order valence-corrected chi connectivity index (χ4v) is 15.0. The van der Waals surface area contributed by atoms with E-state index in [9.17, 15) is 19.8 Å². The lowest BCUT2D eigenvalue weighted by molar-refractivity contribution is -0.345. The van der Waals surface area contributed by atoms with Crippen LogP contribution in [0.15, 0.2) is 0 Å². The first-order chi connectivity index (χ1) is 21.6. The minimum Gasteiger partial charge on any atom is -0.459 e. The molecule has 0 aliphatic heterocycles. The molecule has 0 aromatic carbocycles. The van der Waals surface area contributed by atoms with Crippen LogP contribution in [-0.2, 0) is 19.1 Å². The highest BCUT2D eigenvalue weighted by Crippen LogP contribution is 2.76. The third-order valence-corrected chi connectivity index (χ3v) is 17.5. The van der Waals surface area contributed by atoms with Gasteiger partial charge in [-0.3, -0.25) is 9.59 Å². The normalized spacial score (nSPS) is 55.5. The summed E-state index contributed by atoms with van der Waals surface area (Å²) in [6.45, 7) is 12.2. The van der Waals surface area contributed by atoms with Crippen LogP contribution in [0.25, 0.3) is 0 Å². The summed E-state index contributed by atoms with van der Waals surface area (Å²) in [7, 11) is 0. The van der Waals surface area contributed by atoms with E-state index in [2.05, 4.69) is 13.8 Å². The largest absolute Gasteiger partial charge is 0.459 e. The average molecular weight is 637 g/mol. The molecule has 16 bridgehead atoms. The second kappa shape index (κ2) is 9.34. The van der Waals surface area contributed by atoms with Gasteiger partial charge in [0.05, 0.1) is 22.0 Å². The van der Waals surface area contributed by atoms with Gasteiger partial charge in [0.15, 0.2) is 0 Å². The number of carbonyl (C=O) groups is 2. The van der Waals surface area contributed by atoms with E-state index in [0.29, 0.717) is 71.0 Å². The molecule has 6 heteroatoms. The Bertz CT molecular complexity index is 1240. The summed E-state index contributed by atoms with van der Waals surface area (Å²) >= 11 is 0. The standard InChI is InChI=1S/2C20H30O3/c1-4-18(2,3)17(21)23-20-10-12-5-13-15(20)7-11-8-16(20)14(6-12)19(13,22)9-11;1-4-18(2,3)17(21)23-20-8-14-11-5-19(22)6-12(14)16(10-20)13(7-19)15(11)9-20/h2*11-16,22H,4-10H2,1-3H3. The fraction of sp³-hybridized carbons (Fsp3) is 0.950. The molecule has 256 valence electrons. The number of hydrogen-bond acceptors (Lipinski definition) is 6. The highest BCUT2D eigenvalue weighted by atomic mass is 16.6. The van der Waals surface area contributed by atoms with Crippen molar-refractivity contribution in [2.45, 2.75) is 154 Å². The molecule has 14 aliphatic rings. The third kappa shape index (κ3) is 3.89. The Kier molecular flexibility index (Phi) is 6.27. The summed E-state index contributed by atoms with van der Waals surface area (Å²) in [4.78, 5) is 25.6. The Morgan fingerprint density at radius 1 is 0.587 bits per heavy atom. The third-order valence-electron chi connectivity index (χ3n) is 17.5. The smallest absolute Gasteiger partial charge is 0.312 e. The second-order valence-corrected chi connectivity index (χ2v) is 20.3. The van der Waals surface area contributed by atoms with Gasteiger partial charge in [-0.15, -0.1) is 0 Å². The molecule has 4 atom stereocenters. The van der Waals surface area contributed by atoms with Gasteiger partial charge in [-0.25, -0.2) is 0 Å². The molecule has 6 nitrogen and oxygen atoms in total. The van der Waals surface area contributed by atoms with Gasteiger partial charge in [0.2, 0.25) is 0 Å². The topological polar surface area (TPSA) is 93.1 Å². The van der Waals surface area contributed by atoms with Crippen LogP contribution in [0.2, 0.25) is 0 Å². The van der Waals surface area contributed by atoms with Crippen LogP contribution in [0, 0.1) is 81.8 Å². The number of esters is 2. The Labute approximate surface area is 276 Å². The summed E-state index contributed by atoms with van der Waals surface area (Å²) in [6, 6.07) is 0. The van der Waals surface area contributed by atoms with Crippen molar-refractivity contribution in [1.82, 2.24) is 0 Å². The van der Waals surface area contributed by atoms with Gasteiger partial charge >= 0.3 is 11.9 Å². The summed E-state index contributed by atoms with van der Waals surface area (Å²) in [6.07, 6.45) is 14.7. The lowest BCUT2D eigenvalue weighted by Crippen LogP contribution is -2.78. The van der Waals surface area contributed by atoms with E-state index >= 15 is 0 Å². The molecule has 0 amide bonds. The highest BCUT2D eigenvalue weighted by molar-refractivity contribution is 5.77. The van der Waals surface area contributed by atoms with E-state index in [1.165, 1.54) is 25.7 Å². The Morgan fingerprint density at radius 2 is 0.978 bits per heavy atom. The molecule has 0 spiro atoms. The lowest BCUT2D eigenvalue weighted by Gasteiger charge is -2.75. The monoisotopic (exact) mass is 636 g/mol. The SMILES string of the molecule is CCC(C)(C)C(=O)OC12CC3C4CC5(O)CC3C(C1)C(C5)C4C2.CCC(C)(C)C(=O)OC12CC3CC4C1CC1CC2C(C3)C4(O)C1. The summed E-state index contributed by atoms with van der Waals surface area (Å²) < 4.78 is 12.7. The maximum absolute atomic E-state index is 12.9. The Morgan fingerprint density at radius 3 is 1.43 bits per heavy atom. The predicted molar refractivity (Wildman–Crippen MR) is 173 cm³/mol. The lowest BCUT2D eigenvalue weighted by atomic mass is 9.32. The highest BCUT2D eigenvalue weighted by Gasteiger charge is 2.77. The van der Waals surface area contributed by atoms with Gasteiger partial charge in [-0.2, -0.15) is 0 Å². The second-order valence-electron chi connectivity index (χ2n) is 20.3. The maximum atomic E-state index is 12.9. The number of ether oxygens (including phenoxy) is 2. The number of hydrogen-bond donors (Lipinski definition) is 2. The van der Waals surface area contributed by atoms with E-state index in [4.69, 9.17) is 9.47 Å². The van der Waals surface area contributed by atoms with Crippen molar-refractivity contribution >= 4 is 11.9 Å². The van der Waals surface area contributed by atoms with Gasteiger partial charge in [-0.1, -0.05) is 13.8 Å². The van der Waals surface area contributed by atoms with Crippen LogP contribution in [-0.4, -0.2) is 44.6 Å². The molecule has 4 unspecified atom stereocenters. The van der Waals surface area contributed by atoms with Crippen LogP contribution in [0.3, 0.4) is 0 Å². The van der Waals surface area contributed by atoms with Crippen LogP contribution >= 0.6 is 0 Å². The van der Waals surface area contributed by atoms with Crippen molar-refractivity contribution in [3.63, 3.8) is 0 Å². The summed E-state index contributed by atoms with van der Waals surface area (Å²) in [5.41, 5.74) is -1.93.